The summed E-state index contributed by atoms with van der Waals surface area (Å²) in [6.07, 6.45) is 0. The summed E-state index contributed by atoms with van der Waals surface area (Å²) in [6.45, 7) is 10.5. The molecule has 1 aromatic rings. The molecule has 1 rings (SSSR count). The van der Waals surface area contributed by atoms with E-state index in [4.69, 9.17) is 0 Å². The Hall–Kier alpha value is -2.38. The van der Waals surface area contributed by atoms with Crippen molar-refractivity contribution in [1.82, 2.24) is 25.9 Å². The van der Waals surface area contributed by atoms with Crippen molar-refractivity contribution in [2.45, 2.75) is 54.1 Å². The summed E-state index contributed by atoms with van der Waals surface area (Å²) in [5, 5.41) is 6.75. The first-order valence-electron chi connectivity index (χ1n) is 7.41. The van der Waals surface area contributed by atoms with E-state index in [1.54, 1.807) is 32.4 Å². The molecule has 0 bridgehead atoms. The largest absolute Gasteiger partial charge is 0.344 e. The Kier molecular flexibility index (Phi) is 5.89. The number of aryl methyl sites for hydroxylation is 2. The van der Waals surface area contributed by atoms with Crippen molar-refractivity contribution in [3.63, 3.8) is 0 Å². The molecule has 0 aromatic carbocycles. The molecule has 0 saturated heterocycles. The molecule has 0 aliphatic rings. The molecule has 0 fully saturated rings. The minimum atomic E-state index is -0.754. The fourth-order valence-corrected chi connectivity index (χ4v) is 1.73. The van der Waals surface area contributed by atoms with Gasteiger partial charge in [0, 0.05) is 11.1 Å². The molecule has 3 amide bonds. The second-order valence-corrected chi connectivity index (χ2v) is 6.57. The SMILES string of the molecule is Cc1cc(C)n(CC(=O)NNC(=O)C(C)NC(=O)C(C)(C)C)n1. The lowest BCUT2D eigenvalue weighted by Gasteiger charge is -2.21. The Morgan fingerprint density at radius 3 is 2.30 bits per heavy atom. The Morgan fingerprint density at radius 2 is 1.83 bits per heavy atom. The number of nitrogens with zero attached hydrogens (tertiary/aromatic N) is 2. The van der Waals surface area contributed by atoms with E-state index in [9.17, 15) is 14.4 Å². The summed E-state index contributed by atoms with van der Waals surface area (Å²) in [7, 11) is 0. The monoisotopic (exact) mass is 323 g/mol. The minimum Gasteiger partial charge on any atom is -0.344 e. The molecular formula is C15H25N5O3. The van der Waals surface area contributed by atoms with E-state index in [1.165, 1.54) is 0 Å². The van der Waals surface area contributed by atoms with Crippen LogP contribution in [0.15, 0.2) is 6.07 Å². The zero-order chi connectivity index (χ0) is 17.8. The molecule has 0 aliphatic carbocycles. The molecule has 1 unspecified atom stereocenters. The van der Waals surface area contributed by atoms with Crippen LogP contribution in [-0.4, -0.2) is 33.5 Å². The van der Waals surface area contributed by atoms with Crippen molar-refractivity contribution in [3.05, 3.63) is 17.5 Å². The maximum Gasteiger partial charge on any atom is 0.260 e. The molecular weight excluding hydrogens is 298 g/mol. The highest BCUT2D eigenvalue weighted by molar-refractivity contribution is 5.90. The van der Waals surface area contributed by atoms with Gasteiger partial charge < -0.3 is 5.32 Å². The highest BCUT2D eigenvalue weighted by Gasteiger charge is 2.25. The lowest BCUT2D eigenvalue weighted by molar-refractivity contribution is -0.134. The van der Waals surface area contributed by atoms with Crippen LogP contribution in [0.5, 0.6) is 0 Å². The average molecular weight is 323 g/mol. The molecule has 8 heteroatoms. The van der Waals surface area contributed by atoms with Crippen LogP contribution in [0.25, 0.3) is 0 Å². The Bertz CT molecular complexity index is 601. The lowest BCUT2D eigenvalue weighted by Crippen LogP contribution is -2.53. The molecule has 8 nitrogen and oxygen atoms in total. The number of amides is 3. The van der Waals surface area contributed by atoms with Gasteiger partial charge in [0.25, 0.3) is 11.8 Å². The molecule has 3 N–H and O–H groups in total. The third kappa shape index (κ3) is 5.72. The fourth-order valence-electron chi connectivity index (χ4n) is 1.73. The van der Waals surface area contributed by atoms with Gasteiger partial charge in [-0.2, -0.15) is 5.10 Å². The van der Waals surface area contributed by atoms with Crippen LogP contribution in [0.4, 0.5) is 0 Å². The first kappa shape index (κ1) is 18.7. The summed E-state index contributed by atoms with van der Waals surface area (Å²) < 4.78 is 1.54. The van der Waals surface area contributed by atoms with Gasteiger partial charge in [-0.05, 0) is 26.8 Å². The van der Waals surface area contributed by atoms with Gasteiger partial charge in [-0.25, -0.2) is 0 Å². The van der Waals surface area contributed by atoms with Crippen molar-refractivity contribution in [2.75, 3.05) is 0 Å². The molecule has 1 heterocycles. The Labute approximate surface area is 136 Å². The zero-order valence-corrected chi connectivity index (χ0v) is 14.5. The number of aromatic nitrogens is 2. The van der Waals surface area contributed by atoms with E-state index in [2.05, 4.69) is 21.3 Å². The Morgan fingerprint density at radius 1 is 1.22 bits per heavy atom. The second kappa shape index (κ2) is 7.26. The second-order valence-electron chi connectivity index (χ2n) is 6.57. The van der Waals surface area contributed by atoms with Gasteiger partial charge in [-0.1, -0.05) is 20.8 Å². The molecule has 1 atom stereocenters. The van der Waals surface area contributed by atoms with Crippen LogP contribution < -0.4 is 16.2 Å². The van der Waals surface area contributed by atoms with E-state index in [0.29, 0.717) is 0 Å². The highest BCUT2D eigenvalue weighted by atomic mass is 16.2. The normalized spacial score (nSPS) is 12.4. The van der Waals surface area contributed by atoms with E-state index >= 15 is 0 Å². The third-order valence-electron chi connectivity index (χ3n) is 3.14. The molecule has 1 aromatic heterocycles. The first-order valence-corrected chi connectivity index (χ1v) is 7.41. The maximum absolute atomic E-state index is 11.9. The lowest BCUT2D eigenvalue weighted by atomic mass is 9.95. The van der Waals surface area contributed by atoms with Crippen LogP contribution >= 0.6 is 0 Å². The number of hydrogen-bond donors (Lipinski definition) is 3. The number of hydrazine groups is 1. The van der Waals surface area contributed by atoms with Crippen molar-refractivity contribution in [2.24, 2.45) is 5.41 Å². The van der Waals surface area contributed by atoms with E-state index < -0.39 is 23.3 Å². The molecule has 0 spiro atoms. The van der Waals surface area contributed by atoms with Gasteiger partial charge >= 0.3 is 0 Å². The summed E-state index contributed by atoms with van der Waals surface area (Å²) >= 11 is 0. The van der Waals surface area contributed by atoms with Gasteiger partial charge in [0.1, 0.15) is 12.6 Å². The van der Waals surface area contributed by atoms with Crippen molar-refractivity contribution >= 4 is 17.7 Å². The third-order valence-corrected chi connectivity index (χ3v) is 3.14. The number of carbonyl (C=O) groups excluding carboxylic acids is 3. The van der Waals surface area contributed by atoms with Gasteiger partial charge in [-0.15, -0.1) is 0 Å². The molecule has 0 aliphatic heterocycles. The number of rotatable bonds is 4. The van der Waals surface area contributed by atoms with Gasteiger partial charge in [-0.3, -0.25) is 29.9 Å². The molecule has 128 valence electrons. The minimum absolute atomic E-state index is 0.00266. The number of hydrogen-bond acceptors (Lipinski definition) is 4. The van der Waals surface area contributed by atoms with Crippen LogP contribution in [-0.2, 0) is 20.9 Å². The van der Waals surface area contributed by atoms with Gasteiger partial charge in [0.15, 0.2) is 0 Å². The Balaban J connectivity index is 2.44. The summed E-state index contributed by atoms with van der Waals surface area (Å²) in [4.78, 5) is 35.5. The predicted octanol–water partition coefficient (Wildman–Crippen LogP) is 0.198. The highest BCUT2D eigenvalue weighted by Crippen LogP contribution is 2.12. The summed E-state index contributed by atoms with van der Waals surface area (Å²) in [5.74, 6) is -1.14. The van der Waals surface area contributed by atoms with Crippen molar-refractivity contribution < 1.29 is 14.4 Å². The van der Waals surface area contributed by atoms with E-state index in [-0.39, 0.29) is 12.5 Å². The van der Waals surface area contributed by atoms with Crippen molar-refractivity contribution in [3.8, 4) is 0 Å². The fraction of sp³-hybridized carbons (Fsp3) is 0.600. The van der Waals surface area contributed by atoms with Crippen molar-refractivity contribution in [1.29, 1.82) is 0 Å². The summed E-state index contributed by atoms with van der Waals surface area (Å²) in [6, 6.07) is 1.10. The van der Waals surface area contributed by atoms with E-state index in [1.807, 2.05) is 19.9 Å². The first-order chi connectivity index (χ1) is 10.5. The topological polar surface area (TPSA) is 105 Å². The van der Waals surface area contributed by atoms with Gasteiger partial charge in [0.2, 0.25) is 5.91 Å². The van der Waals surface area contributed by atoms with Crippen LogP contribution in [0.3, 0.4) is 0 Å². The van der Waals surface area contributed by atoms with E-state index in [0.717, 1.165) is 11.4 Å². The molecule has 23 heavy (non-hydrogen) atoms. The quantitative estimate of drug-likeness (QED) is 0.688. The number of nitrogens with one attached hydrogen (secondary N) is 3. The number of carbonyl (C=O) groups is 3. The van der Waals surface area contributed by atoms with Crippen LogP contribution in [0, 0.1) is 19.3 Å². The van der Waals surface area contributed by atoms with Crippen LogP contribution in [0.1, 0.15) is 39.1 Å². The smallest absolute Gasteiger partial charge is 0.260 e. The summed E-state index contributed by atoms with van der Waals surface area (Å²) in [5.41, 5.74) is 5.68. The van der Waals surface area contributed by atoms with Crippen LogP contribution in [0.2, 0.25) is 0 Å². The molecule has 0 radical (unpaired) electrons. The standard InChI is InChI=1S/C15H25N5O3/c1-9-7-10(2)20(19-9)8-12(21)17-18-13(22)11(3)16-14(23)15(4,5)6/h7,11H,8H2,1-6H3,(H,16,23)(H,17,21)(H,18,22). The average Bonchev–Trinajstić information content (AvgIpc) is 2.72. The zero-order valence-electron chi connectivity index (χ0n) is 14.5. The molecule has 0 saturated carbocycles. The van der Waals surface area contributed by atoms with Gasteiger partial charge in [0.05, 0.1) is 5.69 Å². The predicted molar refractivity (Wildman–Crippen MR) is 85.0 cm³/mol. The maximum atomic E-state index is 11.9.